The Bertz CT molecular complexity index is 438. The first-order valence-corrected chi connectivity index (χ1v) is 6.09. The van der Waals surface area contributed by atoms with Crippen LogP contribution < -0.4 is 0 Å². The molecular weight excluding hydrogens is 258 g/mol. The van der Waals surface area contributed by atoms with Crippen molar-refractivity contribution in [1.29, 1.82) is 0 Å². The molecule has 0 radical (unpaired) electrons. The fourth-order valence-corrected chi connectivity index (χ4v) is 3.31. The molecule has 3 nitrogen and oxygen atoms in total. The summed E-state index contributed by atoms with van der Waals surface area (Å²) in [5, 5.41) is 0. The summed E-state index contributed by atoms with van der Waals surface area (Å²) in [5.41, 5.74) is 3.14. The van der Waals surface area contributed by atoms with E-state index in [-0.39, 0.29) is 5.97 Å². The number of hydrogen-bond donors (Lipinski definition) is 1. The molecule has 15 heavy (non-hydrogen) atoms. The van der Waals surface area contributed by atoms with Crippen LogP contribution in [0.15, 0.2) is 4.47 Å². The third kappa shape index (κ3) is 1.27. The van der Waals surface area contributed by atoms with E-state index in [1.54, 1.807) is 0 Å². The highest BCUT2D eigenvalue weighted by Gasteiger charge is 2.48. The van der Waals surface area contributed by atoms with Crippen LogP contribution in [0.25, 0.3) is 0 Å². The molecule has 1 aromatic rings. The summed E-state index contributed by atoms with van der Waals surface area (Å²) in [4.78, 5) is 14.8. The Balaban J connectivity index is 1.97. The van der Waals surface area contributed by atoms with E-state index in [9.17, 15) is 4.79 Å². The van der Waals surface area contributed by atoms with Gasteiger partial charge in [-0.05, 0) is 53.1 Å². The van der Waals surface area contributed by atoms with Crippen LogP contribution in [0.2, 0.25) is 0 Å². The largest absolute Gasteiger partial charge is 0.461 e. The number of nitrogens with one attached hydrogen (secondary N) is 1. The van der Waals surface area contributed by atoms with Crippen molar-refractivity contribution in [2.24, 2.45) is 5.92 Å². The molecule has 1 unspecified atom stereocenters. The smallest absolute Gasteiger partial charge is 0.355 e. The van der Waals surface area contributed by atoms with E-state index < -0.39 is 0 Å². The number of ether oxygens (including phenoxy) is 1. The van der Waals surface area contributed by atoms with Gasteiger partial charge >= 0.3 is 5.97 Å². The number of hydrogen-bond acceptors (Lipinski definition) is 2. The summed E-state index contributed by atoms with van der Waals surface area (Å²) < 4.78 is 5.93. The van der Waals surface area contributed by atoms with Crippen molar-refractivity contribution in [3.63, 3.8) is 0 Å². The van der Waals surface area contributed by atoms with Crippen molar-refractivity contribution in [2.45, 2.75) is 25.7 Å². The van der Waals surface area contributed by atoms with Gasteiger partial charge in [-0.1, -0.05) is 0 Å². The number of aromatic amines is 1. The molecule has 1 aromatic heterocycles. The van der Waals surface area contributed by atoms with Crippen LogP contribution in [0, 0.1) is 5.92 Å². The predicted molar refractivity (Wildman–Crippen MR) is 59.0 cm³/mol. The first kappa shape index (κ1) is 9.46. The molecule has 3 rings (SSSR count). The molecule has 1 fully saturated rings. The fraction of sp³-hybridized carbons (Fsp3) is 0.545. The quantitative estimate of drug-likeness (QED) is 0.839. The molecule has 0 aliphatic heterocycles. The molecule has 80 valence electrons. The lowest BCUT2D eigenvalue weighted by atomic mass is 10.2. The molecule has 1 saturated carbocycles. The van der Waals surface area contributed by atoms with E-state index >= 15 is 0 Å². The molecule has 2 aliphatic carbocycles. The molecule has 2 atom stereocenters. The molecule has 0 amide bonds. The zero-order valence-corrected chi connectivity index (χ0v) is 10.1. The number of aromatic nitrogens is 1. The lowest BCUT2D eigenvalue weighted by molar-refractivity contribution is 0.0519. The maximum Gasteiger partial charge on any atom is 0.355 e. The molecule has 2 aliphatic rings. The highest BCUT2D eigenvalue weighted by molar-refractivity contribution is 9.10. The predicted octanol–water partition coefficient (Wildman–Crippen LogP) is 2.61. The Hall–Kier alpha value is -0.770. The Labute approximate surface area is 96.3 Å². The fourth-order valence-electron chi connectivity index (χ4n) is 2.52. The highest BCUT2D eigenvalue weighted by atomic mass is 79.9. The lowest BCUT2D eigenvalue weighted by Crippen LogP contribution is -2.06. The minimum absolute atomic E-state index is 0.254. The maximum absolute atomic E-state index is 11.6. The number of rotatable bonds is 2. The van der Waals surface area contributed by atoms with Gasteiger partial charge in [0.25, 0.3) is 0 Å². The summed E-state index contributed by atoms with van der Waals surface area (Å²) in [6.07, 6.45) is 2.38. The van der Waals surface area contributed by atoms with Crippen LogP contribution in [0.3, 0.4) is 0 Å². The van der Waals surface area contributed by atoms with Gasteiger partial charge < -0.3 is 9.72 Å². The second-order valence-corrected chi connectivity index (χ2v) is 5.03. The summed E-state index contributed by atoms with van der Waals surface area (Å²) in [6, 6.07) is 0. The van der Waals surface area contributed by atoms with E-state index in [2.05, 4.69) is 20.9 Å². The summed E-state index contributed by atoms with van der Waals surface area (Å²) in [6.45, 7) is 2.24. The van der Waals surface area contributed by atoms with Gasteiger partial charge in [0.05, 0.1) is 11.1 Å². The van der Waals surface area contributed by atoms with E-state index in [4.69, 9.17) is 4.74 Å². The van der Waals surface area contributed by atoms with Crippen LogP contribution in [0.5, 0.6) is 0 Å². The summed E-state index contributed by atoms with van der Waals surface area (Å²) >= 11 is 3.51. The number of fused-ring (bicyclic) bond motifs is 3. The van der Waals surface area contributed by atoms with Crippen molar-refractivity contribution < 1.29 is 9.53 Å². The standard InChI is InChI=1S/C11H12BrNO2/c1-2-15-11(14)10-9(12)8-6-3-5(6)4-7(8)13-10/h5-6,13H,2-4H2,1H3/t5-,6?/m0/s1. The number of H-pyrrole nitrogens is 1. The number of esters is 1. The van der Waals surface area contributed by atoms with E-state index in [1.807, 2.05) is 6.92 Å². The maximum atomic E-state index is 11.6. The molecule has 4 heteroatoms. The normalized spacial score (nSPS) is 26.0. The number of carbonyl (C=O) groups is 1. The lowest BCUT2D eigenvalue weighted by Gasteiger charge is -2.00. The van der Waals surface area contributed by atoms with Crippen LogP contribution >= 0.6 is 15.9 Å². The second-order valence-electron chi connectivity index (χ2n) is 4.23. The van der Waals surface area contributed by atoms with Gasteiger partial charge in [0.15, 0.2) is 0 Å². The monoisotopic (exact) mass is 269 g/mol. The van der Waals surface area contributed by atoms with E-state index in [0.717, 1.165) is 16.8 Å². The average Bonchev–Trinajstić information content (AvgIpc) is 2.72. The minimum atomic E-state index is -0.254. The molecule has 1 N–H and O–H groups in total. The molecule has 1 heterocycles. The molecule has 0 spiro atoms. The van der Waals surface area contributed by atoms with Gasteiger partial charge in [0, 0.05) is 5.69 Å². The first-order chi connectivity index (χ1) is 7.22. The molecule has 0 bridgehead atoms. The zero-order chi connectivity index (χ0) is 10.6. The van der Waals surface area contributed by atoms with Crippen LogP contribution in [-0.4, -0.2) is 17.6 Å². The average molecular weight is 270 g/mol. The van der Waals surface area contributed by atoms with Gasteiger partial charge in [0.2, 0.25) is 0 Å². The second kappa shape index (κ2) is 3.11. The van der Waals surface area contributed by atoms with Crippen molar-refractivity contribution >= 4 is 21.9 Å². The number of carbonyl (C=O) groups excluding carboxylic acids is 1. The highest BCUT2D eigenvalue weighted by Crippen LogP contribution is 2.58. The topological polar surface area (TPSA) is 42.1 Å². The Morgan fingerprint density at radius 1 is 1.67 bits per heavy atom. The van der Waals surface area contributed by atoms with E-state index in [1.165, 1.54) is 17.7 Å². The van der Waals surface area contributed by atoms with Gasteiger partial charge in [-0.15, -0.1) is 0 Å². The third-order valence-electron chi connectivity index (χ3n) is 3.30. The summed E-state index contributed by atoms with van der Waals surface area (Å²) in [5.74, 6) is 1.27. The van der Waals surface area contributed by atoms with Crippen molar-refractivity contribution in [3.05, 3.63) is 21.4 Å². The van der Waals surface area contributed by atoms with Crippen molar-refractivity contribution in [1.82, 2.24) is 4.98 Å². The van der Waals surface area contributed by atoms with Crippen LogP contribution in [-0.2, 0) is 11.2 Å². The van der Waals surface area contributed by atoms with Gasteiger partial charge in [0.1, 0.15) is 5.69 Å². The van der Waals surface area contributed by atoms with Crippen molar-refractivity contribution in [2.75, 3.05) is 6.61 Å². The summed E-state index contributed by atoms with van der Waals surface area (Å²) in [7, 11) is 0. The Kier molecular flexibility index (Phi) is 1.96. The number of halogens is 1. The van der Waals surface area contributed by atoms with E-state index in [0.29, 0.717) is 18.2 Å². The Morgan fingerprint density at radius 3 is 3.13 bits per heavy atom. The minimum Gasteiger partial charge on any atom is -0.461 e. The molecule has 0 saturated heterocycles. The molecule has 0 aromatic carbocycles. The SMILES string of the molecule is CCOC(=O)c1[nH]c2c(c1Br)C1C[C@H]1C2. The van der Waals surface area contributed by atoms with Crippen molar-refractivity contribution in [3.8, 4) is 0 Å². The van der Waals surface area contributed by atoms with Gasteiger partial charge in [-0.2, -0.15) is 0 Å². The van der Waals surface area contributed by atoms with Gasteiger partial charge in [-0.3, -0.25) is 0 Å². The first-order valence-electron chi connectivity index (χ1n) is 5.29. The third-order valence-corrected chi connectivity index (χ3v) is 4.12. The van der Waals surface area contributed by atoms with Crippen LogP contribution in [0.4, 0.5) is 0 Å². The zero-order valence-electron chi connectivity index (χ0n) is 8.47. The van der Waals surface area contributed by atoms with Gasteiger partial charge in [-0.25, -0.2) is 4.79 Å². The Morgan fingerprint density at radius 2 is 2.47 bits per heavy atom. The molecular formula is C11H12BrNO2. The van der Waals surface area contributed by atoms with Crippen LogP contribution in [0.1, 0.15) is 41.0 Å².